The molecule has 0 aliphatic carbocycles. The van der Waals surface area contributed by atoms with Crippen molar-refractivity contribution < 1.29 is 8.42 Å². The van der Waals surface area contributed by atoms with Gasteiger partial charge in [0.25, 0.3) is 10.0 Å². The molecule has 2 heterocycles. The number of nitrogens with one attached hydrogen (secondary N) is 2. The van der Waals surface area contributed by atoms with E-state index in [1.54, 1.807) is 30.5 Å². The Hall–Kier alpha value is -2.85. The third-order valence-corrected chi connectivity index (χ3v) is 4.38. The second-order valence-electron chi connectivity index (χ2n) is 4.34. The zero-order chi connectivity index (χ0) is 14.9. The van der Waals surface area contributed by atoms with Crippen molar-refractivity contribution in [2.24, 2.45) is 0 Å². The molecule has 104 valence electrons. The predicted octanol–water partition coefficient (Wildman–Crippen LogP) is 2.24. The van der Waals surface area contributed by atoms with Crippen LogP contribution in [0.4, 0.5) is 5.69 Å². The average molecular weight is 298 g/mol. The Labute approximate surface area is 121 Å². The van der Waals surface area contributed by atoms with Crippen molar-refractivity contribution in [3.8, 4) is 6.07 Å². The highest BCUT2D eigenvalue weighted by Crippen LogP contribution is 2.26. The van der Waals surface area contributed by atoms with Crippen LogP contribution in [0, 0.1) is 11.3 Å². The summed E-state index contributed by atoms with van der Waals surface area (Å²) in [6.07, 6.45) is 4.33. The first kappa shape index (κ1) is 13.1. The summed E-state index contributed by atoms with van der Waals surface area (Å²) >= 11 is 0. The number of aromatic amines is 1. The fourth-order valence-corrected chi connectivity index (χ4v) is 3.08. The van der Waals surface area contributed by atoms with E-state index in [0.717, 1.165) is 0 Å². The van der Waals surface area contributed by atoms with Crippen molar-refractivity contribution in [2.75, 3.05) is 4.72 Å². The highest BCUT2D eigenvalue weighted by Gasteiger charge is 2.16. The quantitative estimate of drug-likeness (QED) is 0.774. The molecule has 7 heteroatoms. The predicted molar refractivity (Wildman–Crippen MR) is 78.1 cm³/mol. The number of hydrogen-bond donors (Lipinski definition) is 2. The van der Waals surface area contributed by atoms with Gasteiger partial charge in [-0.05, 0) is 18.2 Å². The van der Waals surface area contributed by atoms with Gasteiger partial charge in [0.2, 0.25) is 0 Å². The van der Waals surface area contributed by atoms with E-state index >= 15 is 0 Å². The average Bonchev–Trinajstić information content (AvgIpc) is 2.92. The van der Waals surface area contributed by atoms with Gasteiger partial charge in [-0.2, -0.15) is 5.26 Å². The fourth-order valence-electron chi connectivity index (χ4n) is 2.04. The molecule has 0 radical (unpaired) electrons. The van der Waals surface area contributed by atoms with Gasteiger partial charge in [-0.3, -0.25) is 9.71 Å². The smallest absolute Gasteiger partial charge is 0.263 e. The number of fused-ring (bicyclic) bond motifs is 1. The highest BCUT2D eigenvalue weighted by atomic mass is 32.2. The number of aromatic nitrogens is 2. The van der Waals surface area contributed by atoms with Crippen LogP contribution in [-0.4, -0.2) is 18.4 Å². The fraction of sp³-hybridized carbons (Fsp3) is 0. The van der Waals surface area contributed by atoms with Gasteiger partial charge >= 0.3 is 0 Å². The third-order valence-electron chi connectivity index (χ3n) is 3.02. The van der Waals surface area contributed by atoms with E-state index in [1.807, 2.05) is 0 Å². The minimum atomic E-state index is -3.72. The lowest BCUT2D eigenvalue weighted by Gasteiger charge is -2.08. The number of sulfonamides is 1. The normalized spacial score (nSPS) is 11.2. The minimum absolute atomic E-state index is 0.0778. The third kappa shape index (κ3) is 2.32. The van der Waals surface area contributed by atoms with Crippen LogP contribution in [0.5, 0.6) is 0 Å². The van der Waals surface area contributed by atoms with E-state index in [9.17, 15) is 8.42 Å². The van der Waals surface area contributed by atoms with Crippen molar-refractivity contribution >= 4 is 26.6 Å². The summed E-state index contributed by atoms with van der Waals surface area (Å²) in [5, 5.41) is 9.68. The maximum Gasteiger partial charge on any atom is 0.263 e. The Kier molecular flexibility index (Phi) is 3.08. The lowest BCUT2D eigenvalue weighted by Crippen LogP contribution is -2.13. The molecule has 0 saturated heterocycles. The van der Waals surface area contributed by atoms with Crippen LogP contribution >= 0.6 is 0 Å². The first-order valence-corrected chi connectivity index (χ1v) is 7.53. The number of pyridine rings is 1. The molecule has 6 nitrogen and oxygen atoms in total. The van der Waals surface area contributed by atoms with Gasteiger partial charge in [0.05, 0.1) is 16.8 Å². The zero-order valence-electron chi connectivity index (χ0n) is 10.7. The number of para-hydroxylation sites is 1. The Balaban J connectivity index is 2.07. The van der Waals surface area contributed by atoms with Gasteiger partial charge in [-0.15, -0.1) is 0 Å². The molecule has 0 aliphatic rings. The maximum atomic E-state index is 12.3. The van der Waals surface area contributed by atoms with Gasteiger partial charge in [0.1, 0.15) is 11.0 Å². The van der Waals surface area contributed by atoms with Gasteiger partial charge in [0.15, 0.2) is 0 Å². The molecule has 0 atom stereocenters. The molecule has 3 aromatic rings. The van der Waals surface area contributed by atoms with Crippen LogP contribution in [0.3, 0.4) is 0 Å². The van der Waals surface area contributed by atoms with Crippen molar-refractivity contribution in [3.63, 3.8) is 0 Å². The first-order valence-electron chi connectivity index (χ1n) is 6.05. The van der Waals surface area contributed by atoms with Gasteiger partial charge < -0.3 is 4.98 Å². The summed E-state index contributed by atoms with van der Waals surface area (Å²) < 4.78 is 27.1. The molecule has 3 rings (SSSR count). The Bertz CT molecular complexity index is 940. The largest absolute Gasteiger partial charge is 0.358 e. The molecule has 0 unspecified atom stereocenters. The van der Waals surface area contributed by atoms with Crippen molar-refractivity contribution in [1.82, 2.24) is 9.97 Å². The number of hydrogen-bond acceptors (Lipinski definition) is 4. The summed E-state index contributed by atoms with van der Waals surface area (Å²) in [6, 6.07) is 10.2. The van der Waals surface area contributed by atoms with E-state index < -0.39 is 10.0 Å². The number of nitrogens with zero attached hydrogens (tertiary/aromatic N) is 2. The number of benzene rings is 1. The van der Waals surface area contributed by atoms with Gasteiger partial charge in [-0.25, -0.2) is 8.42 Å². The lowest BCUT2D eigenvalue weighted by molar-refractivity contribution is 0.601. The Morgan fingerprint density at radius 2 is 2.10 bits per heavy atom. The van der Waals surface area contributed by atoms with E-state index in [1.165, 1.54) is 18.5 Å². The van der Waals surface area contributed by atoms with E-state index in [4.69, 9.17) is 5.26 Å². The van der Waals surface area contributed by atoms with Crippen LogP contribution in [0.15, 0.2) is 53.8 Å². The molecule has 2 N–H and O–H groups in total. The molecule has 0 amide bonds. The maximum absolute atomic E-state index is 12.3. The number of rotatable bonds is 3. The van der Waals surface area contributed by atoms with E-state index in [-0.39, 0.29) is 4.90 Å². The van der Waals surface area contributed by atoms with Crippen molar-refractivity contribution in [2.45, 2.75) is 4.90 Å². The molecule has 0 fully saturated rings. The van der Waals surface area contributed by atoms with E-state index in [2.05, 4.69) is 20.8 Å². The molecular weight excluding hydrogens is 288 g/mol. The van der Waals surface area contributed by atoms with Crippen LogP contribution < -0.4 is 4.72 Å². The second-order valence-corrected chi connectivity index (χ2v) is 6.02. The zero-order valence-corrected chi connectivity index (χ0v) is 11.6. The molecular formula is C14H10N4O2S. The minimum Gasteiger partial charge on any atom is -0.358 e. The number of anilines is 1. The molecule has 0 aliphatic heterocycles. The molecule has 0 spiro atoms. The summed E-state index contributed by atoms with van der Waals surface area (Å²) in [5.41, 5.74) is 1.42. The number of H-pyrrole nitrogens is 1. The second kappa shape index (κ2) is 4.92. The summed E-state index contributed by atoms with van der Waals surface area (Å²) in [6.45, 7) is 0. The van der Waals surface area contributed by atoms with Gasteiger partial charge in [-0.1, -0.05) is 12.1 Å². The van der Waals surface area contributed by atoms with Gasteiger partial charge in [0, 0.05) is 24.0 Å². The number of nitriles is 1. The van der Waals surface area contributed by atoms with Crippen LogP contribution in [0.1, 0.15) is 5.56 Å². The van der Waals surface area contributed by atoms with Crippen LogP contribution in [0.25, 0.3) is 10.9 Å². The SMILES string of the molecule is N#Cc1c[nH]c2c(NS(=O)(=O)c3cccnc3)cccc12. The first-order chi connectivity index (χ1) is 10.1. The Morgan fingerprint density at radius 3 is 2.81 bits per heavy atom. The van der Waals surface area contributed by atoms with Crippen molar-refractivity contribution in [1.29, 1.82) is 5.26 Å². The van der Waals surface area contributed by atoms with Crippen molar-refractivity contribution in [3.05, 3.63) is 54.5 Å². The summed E-state index contributed by atoms with van der Waals surface area (Å²) in [5.74, 6) is 0. The van der Waals surface area contributed by atoms with E-state index in [0.29, 0.717) is 22.2 Å². The standard InChI is InChI=1S/C14H10N4O2S/c15-7-10-8-17-14-12(10)4-1-5-13(14)18-21(19,20)11-3-2-6-16-9-11/h1-6,8-9,17-18H. The Morgan fingerprint density at radius 1 is 1.24 bits per heavy atom. The monoisotopic (exact) mass is 298 g/mol. The highest BCUT2D eigenvalue weighted by molar-refractivity contribution is 7.92. The molecule has 1 aromatic carbocycles. The van der Waals surface area contributed by atoms with Crippen LogP contribution in [0.2, 0.25) is 0 Å². The topological polar surface area (TPSA) is 98.6 Å². The summed E-state index contributed by atoms with van der Waals surface area (Å²) in [7, 11) is -3.72. The molecule has 0 saturated carbocycles. The summed E-state index contributed by atoms with van der Waals surface area (Å²) in [4.78, 5) is 6.80. The molecule has 21 heavy (non-hydrogen) atoms. The molecule has 2 aromatic heterocycles. The molecule has 0 bridgehead atoms. The van der Waals surface area contributed by atoms with Crippen LogP contribution in [-0.2, 0) is 10.0 Å². The lowest BCUT2D eigenvalue weighted by atomic mass is 10.2.